The molecule has 1 aliphatic carbocycles. The zero-order chi connectivity index (χ0) is 27.6. The van der Waals surface area contributed by atoms with Crippen molar-refractivity contribution in [2.45, 2.75) is 57.9 Å². The van der Waals surface area contributed by atoms with Crippen LogP contribution in [0.2, 0.25) is 0 Å². The Kier molecular flexibility index (Phi) is 7.61. The van der Waals surface area contributed by atoms with Crippen molar-refractivity contribution in [1.29, 1.82) is 0 Å². The summed E-state index contributed by atoms with van der Waals surface area (Å²) in [5.41, 5.74) is 1.79. The molecular weight excluding hydrogens is 521 g/mol. The van der Waals surface area contributed by atoms with Gasteiger partial charge < -0.3 is 10.0 Å². The smallest absolute Gasteiger partial charge is 0.407 e. The minimum Gasteiger partial charge on any atom is -0.465 e. The maximum atomic E-state index is 15.9. The lowest BCUT2D eigenvalue weighted by Gasteiger charge is -2.49. The normalized spacial score (nSPS) is 19.2. The minimum atomic E-state index is -3.69. The Morgan fingerprint density at radius 2 is 1.87 bits per heavy atom. The molecule has 1 atom stereocenters. The van der Waals surface area contributed by atoms with Crippen LogP contribution in [-0.2, 0) is 10.0 Å². The molecular formula is C28H34FN5O4S. The van der Waals surface area contributed by atoms with Crippen LogP contribution in [0.1, 0.15) is 57.9 Å². The first-order valence-corrected chi connectivity index (χ1v) is 15.1. The van der Waals surface area contributed by atoms with Crippen LogP contribution < -0.4 is 4.72 Å². The van der Waals surface area contributed by atoms with Crippen molar-refractivity contribution in [3.8, 4) is 22.4 Å². The van der Waals surface area contributed by atoms with Crippen molar-refractivity contribution in [3.63, 3.8) is 0 Å². The van der Waals surface area contributed by atoms with Crippen LogP contribution in [-0.4, -0.2) is 58.1 Å². The first-order valence-electron chi connectivity index (χ1n) is 13.5. The van der Waals surface area contributed by atoms with Crippen LogP contribution in [0.15, 0.2) is 48.9 Å². The van der Waals surface area contributed by atoms with Gasteiger partial charge in [0.25, 0.3) is 0 Å². The topological polar surface area (TPSA) is 117 Å². The molecule has 2 N–H and O–H groups in total. The van der Waals surface area contributed by atoms with Crippen LogP contribution >= 0.6 is 0 Å². The minimum absolute atomic E-state index is 0.0841. The van der Waals surface area contributed by atoms with Gasteiger partial charge in [-0.1, -0.05) is 38.3 Å². The average molecular weight is 556 g/mol. The maximum Gasteiger partial charge on any atom is 0.407 e. The zero-order valence-corrected chi connectivity index (χ0v) is 22.8. The number of hydrogen-bond donors (Lipinski definition) is 2. The molecule has 0 radical (unpaired) electrons. The number of piperidine rings is 1. The molecule has 1 spiro atoms. The Morgan fingerprint density at radius 3 is 2.56 bits per heavy atom. The third-order valence-corrected chi connectivity index (χ3v) is 9.61. The highest BCUT2D eigenvalue weighted by molar-refractivity contribution is 7.92. The third kappa shape index (κ3) is 5.50. The van der Waals surface area contributed by atoms with E-state index in [2.05, 4.69) is 9.71 Å². The van der Waals surface area contributed by atoms with Gasteiger partial charge in [0.05, 0.1) is 17.5 Å². The molecule has 9 nitrogen and oxygen atoms in total. The number of aromatic nitrogens is 3. The number of nitrogens with zero attached hydrogens (tertiary/aromatic N) is 4. The first-order chi connectivity index (χ1) is 18.7. The number of anilines is 1. The van der Waals surface area contributed by atoms with E-state index >= 15 is 4.39 Å². The van der Waals surface area contributed by atoms with Gasteiger partial charge in [-0.05, 0) is 49.3 Å². The highest BCUT2D eigenvalue weighted by Crippen LogP contribution is 2.51. The van der Waals surface area contributed by atoms with E-state index < -0.39 is 21.9 Å². The van der Waals surface area contributed by atoms with Crippen LogP contribution in [0.3, 0.4) is 0 Å². The van der Waals surface area contributed by atoms with Crippen molar-refractivity contribution < 1.29 is 22.7 Å². The molecule has 1 unspecified atom stereocenters. The van der Waals surface area contributed by atoms with Crippen molar-refractivity contribution in [2.24, 2.45) is 5.41 Å². The fourth-order valence-corrected chi connectivity index (χ4v) is 7.30. The molecule has 1 saturated carbocycles. The van der Waals surface area contributed by atoms with E-state index in [1.165, 1.54) is 11.0 Å². The fraction of sp³-hybridized carbons (Fsp3) is 0.464. The van der Waals surface area contributed by atoms with Crippen molar-refractivity contribution in [1.82, 2.24) is 19.7 Å². The van der Waals surface area contributed by atoms with Crippen molar-refractivity contribution >= 4 is 21.8 Å². The molecule has 1 aromatic carbocycles. The summed E-state index contributed by atoms with van der Waals surface area (Å²) in [7, 11) is -3.69. The Hall–Kier alpha value is -3.47. The molecule has 11 heteroatoms. The number of likely N-dealkylation sites (tertiary alicyclic amines) is 1. The predicted octanol–water partition coefficient (Wildman–Crippen LogP) is 5.78. The molecule has 2 aliphatic rings. The van der Waals surface area contributed by atoms with Crippen LogP contribution in [0.4, 0.5) is 14.9 Å². The monoisotopic (exact) mass is 555 g/mol. The summed E-state index contributed by atoms with van der Waals surface area (Å²) in [5, 5.41) is 14.7. The fourth-order valence-electron chi connectivity index (χ4n) is 6.17. The number of amides is 1. The summed E-state index contributed by atoms with van der Waals surface area (Å²) in [5.74, 6) is -0.795. The lowest BCUT2D eigenvalue weighted by molar-refractivity contribution is 0.00875. The van der Waals surface area contributed by atoms with Gasteiger partial charge in [0.15, 0.2) is 5.82 Å². The first kappa shape index (κ1) is 27.1. The standard InChI is InChI=1S/C28H34FN5O4S/c1-2-17-39(37,38)32-23-8-6-7-21(25(23)29)22-18-34(31-26(22)20-9-14-30-15-10-20)24-19-33(27(35)36)16-13-28(24)11-4-3-5-12-28/h6-10,14-15,18,24,32H,2-5,11-13,16-17,19H2,1H3,(H,35,36). The number of halogens is 1. The van der Waals surface area contributed by atoms with Crippen LogP contribution in [0.5, 0.6) is 0 Å². The number of pyridine rings is 1. The van der Waals surface area contributed by atoms with Crippen LogP contribution in [0, 0.1) is 11.2 Å². The number of carbonyl (C=O) groups is 1. The van der Waals surface area contributed by atoms with Gasteiger partial charge >= 0.3 is 6.09 Å². The van der Waals surface area contributed by atoms with E-state index in [9.17, 15) is 18.3 Å². The number of carboxylic acid groups (broad SMARTS) is 1. The Bertz CT molecular complexity index is 1440. The highest BCUT2D eigenvalue weighted by Gasteiger charge is 2.46. The third-order valence-electron chi connectivity index (χ3n) is 8.13. The summed E-state index contributed by atoms with van der Waals surface area (Å²) in [4.78, 5) is 17.5. The quantitative estimate of drug-likeness (QED) is 0.382. The second-order valence-electron chi connectivity index (χ2n) is 10.6. The number of rotatable bonds is 7. The molecule has 0 bridgehead atoms. The van der Waals surface area contributed by atoms with Gasteiger partial charge in [-0.2, -0.15) is 5.10 Å². The summed E-state index contributed by atoms with van der Waals surface area (Å²) < 4.78 is 44.9. The number of sulfonamides is 1. The van der Waals surface area contributed by atoms with E-state index in [1.807, 2.05) is 4.68 Å². The molecule has 39 heavy (non-hydrogen) atoms. The molecule has 208 valence electrons. The van der Waals surface area contributed by atoms with Crippen molar-refractivity contribution in [3.05, 3.63) is 54.7 Å². The highest BCUT2D eigenvalue weighted by atomic mass is 32.2. The number of nitrogens with one attached hydrogen (secondary N) is 1. The summed E-state index contributed by atoms with van der Waals surface area (Å²) >= 11 is 0. The Balaban J connectivity index is 1.63. The maximum absolute atomic E-state index is 15.9. The molecule has 1 aliphatic heterocycles. The SMILES string of the molecule is CCCS(=O)(=O)Nc1cccc(-c2cn(C3CN(C(=O)O)CCC34CCCCC4)nc2-c2ccncc2)c1F. The lowest BCUT2D eigenvalue weighted by atomic mass is 9.65. The zero-order valence-electron chi connectivity index (χ0n) is 22.0. The molecule has 3 heterocycles. The molecule has 2 fully saturated rings. The second-order valence-corrected chi connectivity index (χ2v) is 12.5. The molecule has 2 aromatic heterocycles. The van der Waals surface area contributed by atoms with Gasteiger partial charge in [-0.15, -0.1) is 0 Å². The average Bonchev–Trinajstić information content (AvgIpc) is 3.36. The summed E-state index contributed by atoms with van der Waals surface area (Å²) in [6.07, 6.45) is 10.6. The second kappa shape index (κ2) is 11.0. The molecule has 1 amide bonds. The van der Waals surface area contributed by atoms with E-state index in [-0.39, 0.29) is 28.5 Å². The molecule has 3 aromatic rings. The Labute approximate surface area is 228 Å². The van der Waals surface area contributed by atoms with E-state index in [0.717, 1.165) is 44.1 Å². The lowest BCUT2D eigenvalue weighted by Crippen LogP contribution is -2.50. The van der Waals surface area contributed by atoms with Gasteiger partial charge in [-0.25, -0.2) is 17.6 Å². The van der Waals surface area contributed by atoms with Crippen molar-refractivity contribution in [2.75, 3.05) is 23.6 Å². The largest absolute Gasteiger partial charge is 0.465 e. The summed E-state index contributed by atoms with van der Waals surface area (Å²) in [6.45, 7) is 2.55. The predicted molar refractivity (Wildman–Crippen MR) is 147 cm³/mol. The molecule has 1 saturated heterocycles. The number of hydrogen-bond acceptors (Lipinski definition) is 5. The van der Waals surface area contributed by atoms with E-state index in [0.29, 0.717) is 30.8 Å². The van der Waals surface area contributed by atoms with E-state index in [4.69, 9.17) is 5.10 Å². The van der Waals surface area contributed by atoms with Gasteiger partial charge in [0.1, 0.15) is 5.69 Å². The molecule has 5 rings (SSSR count). The van der Waals surface area contributed by atoms with Gasteiger partial charge in [-0.3, -0.25) is 14.4 Å². The van der Waals surface area contributed by atoms with Gasteiger partial charge in [0.2, 0.25) is 10.0 Å². The Morgan fingerprint density at radius 1 is 1.13 bits per heavy atom. The van der Waals surface area contributed by atoms with Gasteiger partial charge in [0, 0.05) is 48.4 Å². The van der Waals surface area contributed by atoms with Crippen LogP contribution in [0.25, 0.3) is 22.4 Å². The summed E-state index contributed by atoms with van der Waals surface area (Å²) in [6, 6.07) is 8.02. The van der Waals surface area contributed by atoms with E-state index in [1.54, 1.807) is 49.8 Å². The number of benzene rings is 1.